The van der Waals surface area contributed by atoms with Crippen LogP contribution in [0.2, 0.25) is 0 Å². The lowest BCUT2D eigenvalue weighted by molar-refractivity contribution is -0.152. The highest BCUT2D eigenvalue weighted by Crippen LogP contribution is 2.48. The summed E-state index contributed by atoms with van der Waals surface area (Å²) in [4.78, 5) is 19.0. The number of carbonyl (C=O) groups is 1. The minimum absolute atomic E-state index is 0.0313. The fourth-order valence-corrected chi connectivity index (χ4v) is 6.51. The van der Waals surface area contributed by atoms with Crippen LogP contribution in [0.3, 0.4) is 0 Å². The van der Waals surface area contributed by atoms with Gasteiger partial charge in [0.15, 0.2) is 5.82 Å². The molecule has 224 valence electrons. The number of benzene rings is 1. The van der Waals surface area contributed by atoms with E-state index in [1.807, 2.05) is 13.1 Å². The molecule has 4 heterocycles. The molecule has 0 aliphatic carbocycles. The first-order valence-corrected chi connectivity index (χ1v) is 15.2. The van der Waals surface area contributed by atoms with E-state index in [0.29, 0.717) is 24.1 Å². The van der Waals surface area contributed by atoms with Gasteiger partial charge in [0.05, 0.1) is 5.69 Å². The second-order valence-corrected chi connectivity index (χ2v) is 12.2. The van der Waals surface area contributed by atoms with Crippen molar-refractivity contribution in [2.45, 2.75) is 56.1 Å². The minimum Gasteiger partial charge on any atom is -0.461 e. The third-order valence-electron chi connectivity index (χ3n) is 7.43. The number of rotatable bonds is 10. The number of piperidine rings is 1. The van der Waals surface area contributed by atoms with Gasteiger partial charge in [0.2, 0.25) is 5.60 Å². The predicted octanol–water partition coefficient (Wildman–Crippen LogP) is 2.22. The fraction of sp³-hybridized carbons (Fsp3) is 0.481. The van der Waals surface area contributed by atoms with Crippen LogP contribution in [0.15, 0.2) is 48.8 Å². The molecule has 1 unspecified atom stereocenters. The first kappa shape index (κ1) is 29.9. The number of nitrogens with two attached hydrogens (primary N) is 1. The molecule has 4 N–H and O–H groups in total. The second-order valence-electron chi connectivity index (χ2n) is 10.5. The molecule has 3 aromatic rings. The number of likely N-dealkylation sites (tertiary alicyclic amines) is 1. The molecule has 5 atom stereocenters. The number of hydrogen-bond acceptors (Lipinski definition) is 12. The summed E-state index contributed by atoms with van der Waals surface area (Å²) < 4.78 is 38.7. The van der Waals surface area contributed by atoms with E-state index in [1.165, 1.54) is 17.8 Å². The van der Waals surface area contributed by atoms with Gasteiger partial charge in [-0.3, -0.25) is 9.32 Å². The van der Waals surface area contributed by atoms with Crippen molar-refractivity contribution in [3.8, 4) is 11.8 Å². The quantitative estimate of drug-likeness (QED) is 0.228. The van der Waals surface area contributed by atoms with Crippen LogP contribution in [0.5, 0.6) is 5.75 Å². The Labute approximate surface area is 242 Å². The van der Waals surface area contributed by atoms with Crippen molar-refractivity contribution in [2.75, 3.05) is 32.5 Å². The topological polar surface area (TPSA) is 187 Å². The Morgan fingerprint density at radius 2 is 2.05 bits per heavy atom. The molecular formula is C27H34N7O7P. The third kappa shape index (κ3) is 6.42. The number of fused-ring (bicyclic) bond motifs is 1. The van der Waals surface area contributed by atoms with Crippen molar-refractivity contribution < 1.29 is 33.0 Å². The Morgan fingerprint density at radius 3 is 2.76 bits per heavy atom. The van der Waals surface area contributed by atoms with Crippen molar-refractivity contribution in [1.82, 2.24) is 24.6 Å². The number of anilines is 1. The maximum Gasteiger partial charge on any atom is 0.459 e. The van der Waals surface area contributed by atoms with E-state index in [0.717, 1.165) is 13.1 Å². The Hall–Kier alpha value is -3.57. The lowest BCUT2D eigenvalue weighted by Gasteiger charge is -2.30. The minimum atomic E-state index is -4.32. The van der Waals surface area contributed by atoms with Crippen LogP contribution in [0.4, 0.5) is 5.82 Å². The molecule has 2 aliphatic rings. The molecule has 2 aliphatic heterocycles. The van der Waals surface area contributed by atoms with Crippen molar-refractivity contribution in [3.63, 3.8) is 0 Å². The van der Waals surface area contributed by atoms with Gasteiger partial charge in [-0.25, -0.2) is 14.1 Å². The summed E-state index contributed by atoms with van der Waals surface area (Å²) in [6, 6.07) is 12.6. The molecule has 0 amide bonds. The van der Waals surface area contributed by atoms with Crippen LogP contribution in [0.25, 0.3) is 5.52 Å². The average Bonchev–Trinajstić information content (AvgIpc) is 3.55. The number of para-hydroxylation sites is 1. The van der Waals surface area contributed by atoms with Gasteiger partial charge in [0.25, 0.3) is 0 Å². The van der Waals surface area contributed by atoms with Crippen LogP contribution in [-0.4, -0.2) is 81.2 Å². The van der Waals surface area contributed by atoms with Gasteiger partial charge in [-0.05, 0) is 51.1 Å². The van der Waals surface area contributed by atoms with Crippen LogP contribution >= 0.6 is 7.75 Å². The molecule has 0 spiro atoms. The number of ether oxygens (including phenoxy) is 2. The number of nitrogen functional groups attached to an aromatic ring is 1. The zero-order valence-electron chi connectivity index (χ0n) is 23.3. The molecule has 15 heteroatoms. The van der Waals surface area contributed by atoms with Crippen molar-refractivity contribution >= 4 is 25.1 Å². The summed E-state index contributed by atoms with van der Waals surface area (Å²) in [5.74, 6) is -0.144. The third-order valence-corrected chi connectivity index (χ3v) is 9.05. The number of nitriles is 1. The van der Waals surface area contributed by atoms with Crippen molar-refractivity contribution in [2.24, 2.45) is 0 Å². The Morgan fingerprint density at radius 1 is 1.31 bits per heavy atom. The molecule has 0 radical (unpaired) electrons. The maximum atomic E-state index is 14.0. The second kappa shape index (κ2) is 12.3. The zero-order chi connectivity index (χ0) is 29.9. The largest absolute Gasteiger partial charge is 0.461 e. The summed E-state index contributed by atoms with van der Waals surface area (Å²) in [5, 5.41) is 27.9. The van der Waals surface area contributed by atoms with Crippen LogP contribution in [0.1, 0.15) is 38.0 Å². The summed E-state index contributed by atoms with van der Waals surface area (Å²) in [6.45, 7) is 2.47. The smallest absolute Gasteiger partial charge is 0.459 e. The summed E-state index contributed by atoms with van der Waals surface area (Å²) in [5.41, 5.74) is 5.12. The van der Waals surface area contributed by atoms with Gasteiger partial charge in [-0.15, -0.1) is 0 Å². The Balaban J connectivity index is 1.31. The number of aliphatic hydroxyl groups excluding tert-OH is 1. The molecule has 14 nitrogen and oxygen atoms in total. The molecule has 5 rings (SSSR count). The van der Waals surface area contributed by atoms with E-state index < -0.39 is 44.2 Å². The van der Waals surface area contributed by atoms with E-state index in [9.17, 15) is 19.7 Å². The monoisotopic (exact) mass is 599 g/mol. The highest BCUT2D eigenvalue weighted by Gasteiger charge is 2.52. The number of aromatic nitrogens is 3. The molecular weight excluding hydrogens is 565 g/mol. The van der Waals surface area contributed by atoms with Crippen LogP contribution in [0, 0.1) is 11.3 Å². The lowest BCUT2D eigenvalue weighted by atomic mass is 9.99. The summed E-state index contributed by atoms with van der Waals surface area (Å²) >= 11 is 0. The van der Waals surface area contributed by atoms with Gasteiger partial charge < -0.3 is 29.7 Å². The summed E-state index contributed by atoms with van der Waals surface area (Å²) in [7, 11) is -2.32. The first-order chi connectivity index (χ1) is 20.1. The van der Waals surface area contributed by atoms with E-state index >= 15 is 0 Å². The van der Waals surface area contributed by atoms with Crippen molar-refractivity contribution in [1.29, 1.82) is 5.26 Å². The SMILES string of the molecule is C[C@H](NP(=O)(OC[C@@]1(C#N)O[C@@H](c2ccc3c(N)ncnn23)C[C@@H]1O)Oc1ccccc1)C(=O)OC1CCN(C)CC1. The standard InChI is InChI=1S/C27H34N7O7P/c1-18(26(36)39-19-10-12-33(2)13-11-19)32-42(37,41-20-6-4-3-5-7-20)38-16-27(15-28)24(35)14-23(40-27)21-8-9-22-25(29)30-17-31-34(21)22/h3-9,17-19,23-24,35H,10-14,16H2,1-2H3,(H,32,37)(H2,29,30,31)/t18-,23+,24-,27+,42?/m0/s1. The number of carbonyl (C=O) groups excluding carboxylic acids is 1. The molecule has 1 aromatic carbocycles. The highest BCUT2D eigenvalue weighted by molar-refractivity contribution is 7.52. The van der Waals surface area contributed by atoms with E-state index in [-0.39, 0.29) is 24.1 Å². The average molecular weight is 600 g/mol. The van der Waals surface area contributed by atoms with Gasteiger partial charge in [0, 0.05) is 19.5 Å². The number of nitrogens with zero attached hydrogens (tertiary/aromatic N) is 5. The number of aliphatic hydroxyl groups is 1. The molecule has 0 bridgehead atoms. The van der Waals surface area contributed by atoms with Crippen LogP contribution in [-0.2, 0) is 23.4 Å². The van der Waals surface area contributed by atoms with Crippen LogP contribution < -0.4 is 15.3 Å². The van der Waals surface area contributed by atoms with E-state index in [2.05, 4.69) is 20.1 Å². The van der Waals surface area contributed by atoms with Gasteiger partial charge in [-0.1, -0.05) is 18.2 Å². The highest BCUT2D eigenvalue weighted by atomic mass is 31.2. The van der Waals surface area contributed by atoms with Crippen molar-refractivity contribution in [3.05, 3.63) is 54.5 Å². The lowest BCUT2D eigenvalue weighted by Crippen LogP contribution is -2.44. The van der Waals surface area contributed by atoms with Gasteiger partial charge in [0.1, 0.15) is 54.6 Å². The Kier molecular flexibility index (Phi) is 8.79. The molecule has 2 saturated heterocycles. The Bertz CT molecular complexity index is 1490. The normalized spacial score (nSPS) is 25.5. The number of hydrogen-bond donors (Lipinski definition) is 3. The predicted molar refractivity (Wildman–Crippen MR) is 150 cm³/mol. The van der Waals surface area contributed by atoms with Gasteiger partial charge >= 0.3 is 13.7 Å². The molecule has 2 fully saturated rings. The van der Waals surface area contributed by atoms with E-state index in [4.69, 9.17) is 24.3 Å². The fourth-order valence-electron chi connectivity index (χ4n) is 4.98. The summed E-state index contributed by atoms with van der Waals surface area (Å²) in [6.07, 6.45) is 0.393. The molecule has 42 heavy (non-hydrogen) atoms. The molecule has 0 saturated carbocycles. The van der Waals surface area contributed by atoms with E-state index in [1.54, 1.807) is 42.5 Å². The van der Waals surface area contributed by atoms with Gasteiger partial charge in [-0.2, -0.15) is 15.4 Å². The number of esters is 1. The molecule has 2 aromatic heterocycles. The first-order valence-electron chi connectivity index (χ1n) is 13.6. The maximum absolute atomic E-state index is 14.0. The zero-order valence-corrected chi connectivity index (χ0v) is 24.2. The number of nitrogens with one attached hydrogen (secondary N) is 1.